The summed E-state index contributed by atoms with van der Waals surface area (Å²) in [6, 6.07) is 4.85. The molecule has 0 amide bonds. The van der Waals surface area contributed by atoms with Gasteiger partial charge in [-0.1, -0.05) is 33.6 Å². The zero-order valence-corrected chi connectivity index (χ0v) is 13.4. The van der Waals surface area contributed by atoms with Gasteiger partial charge in [0.05, 0.1) is 6.10 Å². The first-order valence-electron chi connectivity index (χ1n) is 6.78. The summed E-state index contributed by atoms with van der Waals surface area (Å²) in [6.45, 7) is 2.82. The highest BCUT2D eigenvalue weighted by molar-refractivity contribution is 9.09. The molecule has 1 saturated carbocycles. The van der Waals surface area contributed by atoms with Crippen molar-refractivity contribution >= 4 is 27.5 Å². The molecule has 0 radical (unpaired) electrons. The molecular formula is C15H19BrClFO. The van der Waals surface area contributed by atoms with Crippen LogP contribution in [0.15, 0.2) is 18.2 Å². The van der Waals surface area contributed by atoms with Crippen molar-refractivity contribution in [3.05, 3.63) is 34.6 Å². The van der Waals surface area contributed by atoms with Crippen LogP contribution in [0.25, 0.3) is 0 Å². The van der Waals surface area contributed by atoms with E-state index in [4.69, 9.17) is 16.3 Å². The number of ether oxygens (including phenoxy) is 1. The summed E-state index contributed by atoms with van der Waals surface area (Å²) in [7, 11) is 0. The lowest BCUT2D eigenvalue weighted by Gasteiger charge is -2.36. The molecule has 0 aromatic heterocycles. The van der Waals surface area contributed by atoms with Gasteiger partial charge in [-0.15, -0.1) is 0 Å². The third kappa shape index (κ3) is 4.17. The van der Waals surface area contributed by atoms with Gasteiger partial charge in [-0.3, -0.25) is 0 Å². The molecule has 1 atom stereocenters. The summed E-state index contributed by atoms with van der Waals surface area (Å²) < 4.78 is 19.2. The maximum absolute atomic E-state index is 13.7. The highest BCUT2D eigenvalue weighted by Crippen LogP contribution is 2.36. The Morgan fingerprint density at radius 1 is 1.47 bits per heavy atom. The normalized spacial score (nSPS) is 24.0. The molecule has 1 aliphatic carbocycles. The van der Waals surface area contributed by atoms with Gasteiger partial charge < -0.3 is 4.74 Å². The lowest BCUT2D eigenvalue weighted by Crippen LogP contribution is -2.33. The van der Waals surface area contributed by atoms with Gasteiger partial charge in [0.15, 0.2) is 0 Å². The van der Waals surface area contributed by atoms with Crippen LogP contribution in [0.4, 0.5) is 4.39 Å². The van der Waals surface area contributed by atoms with Crippen LogP contribution in [0.2, 0.25) is 5.02 Å². The molecule has 0 spiro atoms. The highest BCUT2D eigenvalue weighted by atomic mass is 79.9. The molecule has 106 valence electrons. The van der Waals surface area contributed by atoms with Gasteiger partial charge >= 0.3 is 0 Å². The van der Waals surface area contributed by atoms with Gasteiger partial charge in [0.1, 0.15) is 5.82 Å². The molecule has 0 heterocycles. The first kappa shape index (κ1) is 15.3. The molecule has 1 aliphatic rings. The number of hydrogen-bond acceptors (Lipinski definition) is 1. The zero-order chi connectivity index (χ0) is 13.8. The average molecular weight is 350 g/mol. The highest BCUT2D eigenvalue weighted by Gasteiger charge is 2.31. The molecule has 1 fully saturated rings. The van der Waals surface area contributed by atoms with Gasteiger partial charge in [-0.25, -0.2) is 4.39 Å². The van der Waals surface area contributed by atoms with Crippen LogP contribution in [0.1, 0.15) is 31.7 Å². The summed E-state index contributed by atoms with van der Waals surface area (Å²) in [5, 5.41) is 0.519. The van der Waals surface area contributed by atoms with Crippen molar-refractivity contribution in [2.75, 3.05) is 6.61 Å². The molecule has 0 N–H and O–H groups in total. The summed E-state index contributed by atoms with van der Waals surface area (Å²) in [6.07, 6.45) is 4.38. The molecule has 2 rings (SSSR count). The van der Waals surface area contributed by atoms with E-state index in [1.807, 2.05) is 6.92 Å². The van der Waals surface area contributed by atoms with Crippen molar-refractivity contribution in [3.63, 3.8) is 0 Å². The summed E-state index contributed by atoms with van der Waals surface area (Å²) in [5.41, 5.74) is 0.617. The fourth-order valence-electron chi connectivity index (χ4n) is 2.63. The van der Waals surface area contributed by atoms with Crippen LogP contribution in [0, 0.1) is 11.7 Å². The Morgan fingerprint density at radius 2 is 2.21 bits per heavy atom. The average Bonchev–Trinajstić information content (AvgIpc) is 2.31. The minimum atomic E-state index is -0.210. The lowest BCUT2D eigenvalue weighted by molar-refractivity contribution is -0.0263. The van der Waals surface area contributed by atoms with Gasteiger partial charge in [0.25, 0.3) is 0 Å². The molecule has 1 aromatic rings. The zero-order valence-electron chi connectivity index (χ0n) is 11.0. The maximum atomic E-state index is 13.7. The van der Waals surface area contributed by atoms with Crippen molar-refractivity contribution in [2.24, 2.45) is 5.92 Å². The predicted octanol–water partition coefficient (Wildman–Crippen LogP) is 4.99. The monoisotopic (exact) mass is 348 g/mol. The van der Waals surface area contributed by atoms with Gasteiger partial charge in [0, 0.05) is 22.0 Å². The largest absolute Gasteiger partial charge is 0.378 e. The molecule has 1 nitrogen and oxygen atoms in total. The van der Waals surface area contributed by atoms with E-state index >= 15 is 0 Å². The number of hydrogen-bond donors (Lipinski definition) is 0. The maximum Gasteiger partial charge on any atom is 0.127 e. The molecular weight excluding hydrogens is 331 g/mol. The molecule has 0 aliphatic heterocycles. The molecule has 1 unspecified atom stereocenters. The van der Waals surface area contributed by atoms with Gasteiger partial charge in [-0.2, -0.15) is 0 Å². The van der Waals surface area contributed by atoms with E-state index in [-0.39, 0.29) is 10.6 Å². The van der Waals surface area contributed by atoms with Crippen molar-refractivity contribution < 1.29 is 9.13 Å². The smallest absolute Gasteiger partial charge is 0.127 e. The van der Waals surface area contributed by atoms with Gasteiger partial charge in [0.2, 0.25) is 0 Å². The number of halogens is 3. The van der Waals surface area contributed by atoms with E-state index in [0.29, 0.717) is 29.0 Å². The molecule has 0 saturated heterocycles. The van der Waals surface area contributed by atoms with Crippen LogP contribution in [0.5, 0.6) is 0 Å². The predicted molar refractivity (Wildman–Crippen MR) is 80.6 cm³/mol. The minimum absolute atomic E-state index is 0.210. The van der Waals surface area contributed by atoms with Crippen LogP contribution < -0.4 is 0 Å². The van der Waals surface area contributed by atoms with Crippen LogP contribution in [-0.2, 0) is 11.2 Å². The minimum Gasteiger partial charge on any atom is -0.378 e. The quantitative estimate of drug-likeness (QED) is 0.657. The lowest BCUT2D eigenvalue weighted by atomic mass is 9.79. The summed E-state index contributed by atoms with van der Waals surface area (Å²) in [4.78, 5) is 0.273. The first-order chi connectivity index (χ1) is 9.10. The number of rotatable bonds is 6. The van der Waals surface area contributed by atoms with E-state index in [9.17, 15) is 4.39 Å². The van der Waals surface area contributed by atoms with Gasteiger partial charge in [-0.05, 0) is 50.7 Å². The second-order valence-corrected chi connectivity index (χ2v) is 6.85. The fourth-order valence-corrected chi connectivity index (χ4v) is 3.73. The third-order valence-electron chi connectivity index (χ3n) is 3.67. The molecule has 19 heavy (non-hydrogen) atoms. The van der Waals surface area contributed by atoms with Crippen LogP contribution in [0.3, 0.4) is 0 Å². The summed E-state index contributed by atoms with van der Waals surface area (Å²) in [5.74, 6) is 0.476. The Morgan fingerprint density at radius 3 is 2.84 bits per heavy atom. The van der Waals surface area contributed by atoms with Crippen molar-refractivity contribution in [2.45, 2.75) is 43.5 Å². The van der Waals surface area contributed by atoms with E-state index in [1.54, 1.807) is 12.1 Å². The standard InChI is InChI=1S/C15H19BrClFO/c1-2-19-12-7-10(8-12)6-11(16)9-13-14(17)4-3-5-15(13)18/h3-5,10-12H,2,6-9H2,1H3. The van der Waals surface area contributed by atoms with Crippen LogP contribution >= 0.6 is 27.5 Å². The first-order valence-corrected chi connectivity index (χ1v) is 8.08. The Hall–Kier alpha value is -0.120. The number of benzene rings is 1. The number of alkyl halides is 1. The van der Waals surface area contributed by atoms with E-state index in [2.05, 4.69) is 15.9 Å². The SMILES string of the molecule is CCOC1CC(CC(Br)Cc2c(F)cccc2Cl)C1. The van der Waals surface area contributed by atoms with E-state index in [1.165, 1.54) is 6.07 Å². The second kappa shape index (κ2) is 7.05. The molecule has 1 aromatic carbocycles. The van der Waals surface area contributed by atoms with E-state index in [0.717, 1.165) is 25.9 Å². The van der Waals surface area contributed by atoms with E-state index < -0.39 is 0 Å². The van der Waals surface area contributed by atoms with Crippen LogP contribution in [-0.4, -0.2) is 17.5 Å². The Labute approximate surface area is 127 Å². The Balaban J connectivity index is 1.81. The third-order valence-corrected chi connectivity index (χ3v) is 4.72. The Kier molecular flexibility index (Phi) is 5.67. The topological polar surface area (TPSA) is 9.23 Å². The van der Waals surface area contributed by atoms with Crippen molar-refractivity contribution in [1.82, 2.24) is 0 Å². The van der Waals surface area contributed by atoms with Crippen molar-refractivity contribution in [1.29, 1.82) is 0 Å². The fraction of sp³-hybridized carbons (Fsp3) is 0.600. The Bertz CT molecular complexity index is 400. The second-order valence-electron chi connectivity index (χ2n) is 5.15. The summed E-state index contributed by atoms with van der Waals surface area (Å²) >= 11 is 9.69. The molecule has 4 heteroatoms. The van der Waals surface area contributed by atoms with Crippen molar-refractivity contribution in [3.8, 4) is 0 Å². The molecule has 0 bridgehead atoms.